The van der Waals surface area contributed by atoms with Crippen LogP contribution in [0.1, 0.15) is 11.3 Å². The van der Waals surface area contributed by atoms with Crippen molar-refractivity contribution in [2.75, 3.05) is 11.9 Å². The smallest absolute Gasteiger partial charge is 0.263 e. The van der Waals surface area contributed by atoms with Crippen LogP contribution in [0, 0.1) is 0 Å². The van der Waals surface area contributed by atoms with Crippen molar-refractivity contribution in [3.8, 4) is 11.4 Å². The normalized spacial score (nSPS) is 14.3. The van der Waals surface area contributed by atoms with Gasteiger partial charge in [0.1, 0.15) is 11.6 Å². The standard InChI is InChI=1S/C23H18ClN3O4S/c24-16-7-4-8-17(11-16)27-23(19-13-32(29,30)14-20(19)26-27)25-22(28)12-31-21-10-3-6-15-5-1-2-9-18(15)21/h1-11H,12-14H2,(H,25,28). The molecule has 162 valence electrons. The number of nitrogens with one attached hydrogen (secondary N) is 1. The molecule has 9 heteroatoms. The third-order valence-corrected chi connectivity index (χ3v) is 6.88. The van der Waals surface area contributed by atoms with Gasteiger partial charge in [0.05, 0.1) is 22.9 Å². The van der Waals surface area contributed by atoms with E-state index in [-0.39, 0.29) is 18.1 Å². The van der Waals surface area contributed by atoms with Crippen LogP contribution >= 0.6 is 11.6 Å². The number of nitrogens with zero attached hydrogens (tertiary/aromatic N) is 2. The molecule has 1 N–H and O–H groups in total. The largest absolute Gasteiger partial charge is 0.483 e. The third kappa shape index (κ3) is 3.94. The molecule has 5 rings (SSSR count). The number of halogens is 1. The highest BCUT2D eigenvalue weighted by atomic mass is 35.5. The van der Waals surface area contributed by atoms with Crippen molar-refractivity contribution in [1.29, 1.82) is 0 Å². The van der Waals surface area contributed by atoms with Gasteiger partial charge < -0.3 is 10.1 Å². The predicted octanol–water partition coefficient (Wildman–Crippen LogP) is 4.12. The van der Waals surface area contributed by atoms with Gasteiger partial charge in [-0.1, -0.05) is 54.1 Å². The minimum Gasteiger partial charge on any atom is -0.483 e. The Morgan fingerprint density at radius 2 is 1.84 bits per heavy atom. The first-order valence-electron chi connectivity index (χ1n) is 9.87. The van der Waals surface area contributed by atoms with E-state index in [1.54, 1.807) is 30.3 Å². The molecule has 0 saturated carbocycles. The number of sulfone groups is 1. The fraction of sp³-hybridized carbons (Fsp3) is 0.130. The van der Waals surface area contributed by atoms with E-state index in [0.29, 0.717) is 33.5 Å². The molecule has 0 aliphatic carbocycles. The number of hydrogen-bond donors (Lipinski definition) is 1. The topological polar surface area (TPSA) is 90.3 Å². The van der Waals surface area contributed by atoms with E-state index in [9.17, 15) is 13.2 Å². The lowest BCUT2D eigenvalue weighted by Gasteiger charge is -2.13. The van der Waals surface area contributed by atoms with Crippen molar-refractivity contribution >= 4 is 43.9 Å². The summed E-state index contributed by atoms with van der Waals surface area (Å²) >= 11 is 6.11. The number of carbonyl (C=O) groups excluding carboxylic acids is 1. The lowest BCUT2D eigenvalue weighted by Crippen LogP contribution is -2.23. The molecule has 1 amide bonds. The number of hydrogen-bond acceptors (Lipinski definition) is 5. The highest BCUT2D eigenvalue weighted by Gasteiger charge is 2.33. The van der Waals surface area contributed by atoms with Crippen LogP contribution in [-0.4, -0.2) is 30.7 Å². The molecule has 1 aliphatic rings. The second-order valence-corrected chi connectivity index (χ2v) is 10.0. The van der Waals surface area contributed by atoms with Gasteiger partial charge in [-0.15, -0.1) is 0 Å². The zero-order valence-electron chi connectivity index (χ0n) is 16.8. The van der Waals surface area contributed by atoms with E-state index in [0.717, 1.165) is 10.8 Å². The molecule has 32 heavy (non-hydrogen) atoms. The van der Waals surface area contributed by atoms with E-state index in [1.165, 1.54) is 4.68 Å². The number of anilines is 1. The Hall–Kier alpha value is -3.36. The van der Waals surface area contributed by atoms with E-state index in [1.807, 2.05) is 36.4 Å². The molecule has 7 nitrogen and oxygen atoms in total. The molecule has 2 heterocycles. The van der Waals surface area contributed by atoms with Crippen LogP contribution in [0.15, 0.2) is 66.7 Å². The molecule has 0 fully saturated rings. The number of rotatable bonds is 5. The van der Waals surface area contributed by atoms with Crippen molar-refractivity contribution in [1.82, 2.24) is 9.78 Å². The Labute approximate surface area is 189 Å². The van der Waals surface area contributed by atoms with Crippen LogP contribution in [-0.2, 0) is 26.1 Å². The minimum absolute atomic E-state index is 0.161. The second-order valence-electron chi connectivity index (χ2n) is 7.51. The van der Waals surface area contributed by atoms with Gasteiger partial charge in [0.15, 0.2) is 16.4 Å². The quantitative estimate of drug-likeness (QED) is 0.476. The zero-order chi connectivity index (χ0) is 22.3. The van der Waals surface area contributed by atoms with Crippen LogP contribution in [0.3, 0.4) is 0 Å². The molecule has 0 spiro atoms. The fourth-order valence-corrected chi connectivity index (χ4v) is 5.48. The molecule has 0 radical (unpaired) electrons. The van der Waals surface area contributed by atoms with E-state index in [2.05, 4.69) is 10.4 Å². The first kappa shape index (κ1) is 20.5. The van der Waals surface area contributed by atoms with Gasteiger partial charge in [0.2, 0.25) is 0 Å². The van der Waals surface area contributed by atoms with E-state index >= 15 is 0 Å². The van der Waals surface area contributed by atoms with Crippen molar-refractivity contribution < 1.29 is 17.9 Å². The van der Waals surface area contributed by atoms with Crippen molar-refractivity contribution in [2.24, 2.45) is 0 Å². The van der Waals surface area contributed by atoms with Crippen LogP contribution in [0.2, 0.25) is 5.02 Å². The lowest BCUT2D eigenvalue weighted by atomic mass is 10.1. The molecule has 0 unspecified atom stereocenters. The van der Waals surface area contributed by atoms with Gasteiger partial charge in [-0.3, -0.25) is 4.79 Å². The first-order chi connectivity index (χ1) is 15.4. The molecule has 4 aromatic rings. The summed E-state index contributed by atoms with van der Waals surface area (Å²) < 4.78 is 31.5. The summed E-state index contributed by atoms with van der Waals surface area (Å²) in [5, 5.41) is 9.64. The molecule has 0 saturated heterocycles. The monoisotopic (exact) mass is 467 g/mol. The Balaban J connectivity index is 1.42. The average Bonchev–Trinajstić information content (AvgIpc) is 3.24. The molecule has 3 aromatic carbocycles. The molecular formula is C23H18ClN3O4S. The molecular weight excluding hydrogens is 450 g/mol. The molecule has 0 atom stereocenters. The minimum atomic E-state index is -3.29. The number of ether oxygens (including phenoxy) is 1. The van der Waals surface area contributed by atoms with Gasteiger partial charge in [-0.25, -0.2) is 13.1 Å². The van der Waals surface area contributed by atoms with Crippen LogP contribution in [0.4, 0.5) is 5.82 Å². The highest BCUT2D eigenvalue weighted by Crippen LogP contribution is 2.33. The van der Waals surface area contributed by atoms with Gasteiger partial charge in [0, 0.05) is 16.0 Å². The maximum absolute atomic E-state index is 12.8. The summed E-state index contributed by atoms with van der Waals surface area (Å²) in [7, 11) is -3.29. The molecule has 0 bridgehead atoms. The maximum Gasteiger partial charge on any atom is 0.263 e. The summed E-state index contributed by atoms with van der Waals surface area (Å²) in [6, 6.07) is 20.3. The van der Waals surface area contributed by atoms with Gasteiger partial charge in [-0.2, -0.15) is 5.10 Å². The second kappa shape index (κ2) is 7.96. The van der Waals surface area contributed by atoms with Crippen LogP contribution in [0.25, 0.3) is 16.5 Å². The van der Waals surface area contributed by atoms with Crippen molar-refractivity contribution in [3.05, 3.63) is 83.0 Å². The zero-order valence-corrected chi connectivity index (χ0v) is 18.4. The van der Waals surface area contributed by atoms with E-state index < -0.39 is 15.7 Å². The summed E-state index contributed by atoms with van der Waals surface area (Å²) in [4.78, 5) is 12.8. The lowest BCUT2D eigenvalue weighted by molar-refractivity contribution is -0.118. The summed E-state index contributed by atoms with van der Waals surface area (Å²) in [6.45, 7) is -0.240. The number of aromatic nitrogens is 2. The fourth-order valence-electron chi connectivity index (χ4n) is 3.80. The Bertz CT molecular complexity index is 1460. The first-order valence-corrected chi connectivity index (χ1v) is 12.1. The number of carbonyl (C=O) groups is 1. The van der Waals surface area contributed by atoms with Crippen LogP contribution < -0.4 is 10.1 Å². The maximum atomic E-state index is 12.8. The molecule has 1 aliphatic heterocycles. The summed E-state index contributed by atoms with van der Waals surface area (Å²) in [5.41, 5.74) is 1.54. The number of benzene rings is 3. The molecule has 1 aromatic heterocycles. The average molecular weight is 468 g/mol. The van der Waals surface area contributed by atoms with Gasteiger partial charge in [-0.05, 0) is 29.7 Å². The van der Waals surface area contributed by atoms with Gasteiger partial charge in [0.25, 0.3) is 5.91 Å². The number of amides is 1. The summed E-state index contributed by atoms with van der Waals surface area (Å²) in [5.74, 6) is 0.144. The third-order valence-electron chi connectivity index (χ3n) is 5.21. The predicted molar refractivity (Wildman–Crippen MR) is 123 cm³/mol. The Morgan fingerprint density at radius 3 is 2.69 bits per heavy atom. The van der Waals surface area contributed by atoms with E-state index in [4.69, 9.17) is 16.3 Å². The van der Waals surface area contributed by atoms with Crippen molar-refractivity contribution in [2.45, 2.75) is 11.5 Å². The summed E-state index contributed by atoms with van der Waals surface area (Å²) in [6.07, 6.45) is 0. The highest BCUT2D eigenvalue weighted by molar-refractivity contribution is 7.90. The van der Waals surface area contributed by atoms with Crippen molar-refractivity contribution in [3.63, 3.8) is 0 Å². The SMILES string of the molecule is O=C(COc1cccc2ccccc12)Nc1c2c(nn1-c1cccc(Cl)c1)CS(=O)(=O)C2. The van der Waals surface area contributed by atoms with Crippen LogP contribution in [0.5, 0.6) is 5.75 Å². The van der Waals surface area contributed by atoms with Gasteiger partial charge >= 0.3 is 0 Å². The Kier molecular flexibility index (Phi) is 5.11. The Morgan fingerprint density at radius 1 is 1.06 bits per heavy atom. The number of fused-ring (bicyclic) bond motifs is 2.